The number of nitrogens with two attached hydrogens (primary N) is 1. The fourth-order valence-electron chi connectivity index (χ4n) is 2.64. The maximum atomic E-state index is 5.65. The van der Waals surface area contributed by atoms with Crippen LogP contribution in [0.15, 0.2) is 30.3 Å². The van der Waals surface area contributed by atoms with Gasteiger partial charge in [-0.05, 0) is 36.8 Å². The molecular weight excluding hydrogens is 260 g/mol. The Morgan fingerprint density at radius 3 is 2.38 bits per heavy atom. The highest BCUT2D eigenvalue weighted by Crippen LogP contribution is 2.30. The first-order chi connectivity index (χ1) is 9.96. The predicted octanol–water partition coefficient (Wildman–Crippen LogP) is 3.51. The molecule has 2 atom stereocenters. The molecule has 2 unspecified atom stereocenters. The quantitative estimate of drug-likeness (QED) is 0.732. The number of benzene rings is 1. The Bertz CT molecular complexity index is 373. The largest absolute Gasteiger partial charge is 0.383 e. The zero-order valence-electron chi connectivity index (χ0n) is 14.1. The fraction of sp³-hybridized carbons (Fsp3) is 0.667. The second-order valence-corrected chi connectivity index (χ2v) is 6.98. The van der Waals surface area contributed by atoms with Gasteiger partial charge >= 0.3 is 0 Å². The molecule has 21 heavy (non-hydrogen) atoms. The molecule has 0 saturated carbocycles. The van der Waals surface area contributed by atoms with Gasteiger partial charge in [-0.1, -0.05) is 51.1 Å². The lowest BCUT2D eigenvalue weighted by molar-refractivity contribution is 0.149. The molecule has 1 aromatic rings. The lowest BCUT2D eigenvalue weighted by atomic mass is 9.85. The monoisotopic (exact) mass is 292 g/mol. The Morgan fingerprint density at radius 1 is 1.19 bits per heavy atom. The second-order valence-electron chi connectivity index (χ2n) is 6.98. The van der Waals surface area contributed by atoms with E-state index in [0.29, 0.717) is 12.1 Å². The molecule has 0 radical (unpaired) electrons. The summed E-state index contributed by atoms with van der Waals surface area (Å²) in [6.45, 7) is 8.33. The van der Waals surface area contributed by atoms with Gasteiger partial charge in [-0.25, -0.2) is 0 Å². The average molecular weight is 292 g/mol. The van der Waals surface area contributed by atoms with Gasteiger partial charge in [0.05, 0.1) is 6.61 Å². The lowest BCUT2D eigenvalue weighted by Gasteiger charge is -2.31. The number of ether oxygens (including phenoxy) is 1. The standard InChI is InChI=1S/C18H32N2O/c1-18(2,3)13-17(15-9-6-5-7-10-15)20-16(14-21-4)11-8-12-19/h5-7,9-10,16-17,20H,8,11-14,19H2,1-4H3. The Kier molecular flexibility index (Phi) is 7.94. The highest BCUT2D eigenvalue weighted by Gasteiger charge is 2.22. The number of rotatable bonds is 9. The molecule has 0 aliphatic heterocycles. The van der Waals surface area contributed by atoms with Crippen molar-refractivity contribution < 1.29 is 4.74 Å². The van der Waals surface area contributed by atoms with Gasteiger partial charge in [-0.15, -0.1) is 0 Å². The van der Waals surface area contributed by atoms with E-state index >= 15 is 0 Å². The smallest absolute Gasteiger partial charge is 0.0616 e. The van der Waals surface area contributed by atoms with E-state index in [4.69, 9.17) is 10.5 Å². The molecule has 0 bridgehead atoms. The summed E-state index contributed by atoms with van der Waals surface area (Å²) in [6, 6.07) is 11.4. The summed E-state index contributed by atoms with van der Waals surface area (Å²) in [5, 5.41) is 3.78. The van der Waals surface area contributed by atoms with Crippen LogP contribution in [0.3, 0.4) is 0 Å². The van der Waals surface area contributed by atoms with Crippen LogP contribution in [0.4, 0.5) is 0 Å². The van der Waals surface area contributed by atoms with Crippen LogP contribution >= 0.6 is 0 Å². The molecular formula is C18H32N2O. The van der Waals surface area contributed by atoms with Crippen molar-refractivity contribution in [2.24, 2.45) is 11.1 Å². The van der Waals surface area contributed by atoms with E-state index in [2.05, 4.69) is 56.4 Å². The van der Waals surface area contributed by atoms with Gasteiger partial charge in [0.25, 0.3) is 0 Å². The number of nitrogens with one attached hydrogen (secondary N) is 1. The van der Waals surface area contributed by atoms with Gasteiger partial charge in [-0.2, -0.15) is 0 Å². The van der Waals surface area contributed by atoms with Gasteiger partial charge in [0, 0.05) is 19.2 Å². The van der Waals surface area contributed by atoms with Crippen LogP contribution in [0.25, 0.3) is 0 Å². The maximum absolute atomic E-state index is 5.65. The van der Waals surface area contributed by atoms with Crippen molar-refractivity contribution >= 4 is 0 Å². The minimum Gasteiger partial charge on any atom is -0.383 e. The van der Waals surface area contributed by atoms with E-state index < -0.39 is 0 Å². The summed E-state index contributed by atoms with van der Waals surface area (Å²) in [6.07, 6.45) is 3.18. The maximum Gasteiger partial charge on any atom is 0.0616 e. The molecule has 0 amide bonds. The van der Waals surface area contributed by atoms with Crippen molar-refractivity contribution in [3.05, 3.63) is 35.9 Å². The highest BCUT2D eigenvalue weighted by molar-refractivity contribution is 5.19. The van der Waals surface area contributed by atoms with E-state index in [-0.39, 0.29) is 5.41 Å². The van der Waals surface area contributed by atoms with E-state index in [1.165, 1.54) is 5.56 Å². The molecule has 0 saturated heterocycles. The van der Waals surface area contributed by atoms with Gasteiger partial charge < -0.3 is 15.8 Å². The molecule has 120 valence electrons. The molecule has 3 heteroatoms. The third-order valence-electron chi connectivity index (χ3n) is 3.58. The summed E-state index contributed by atoms with van der Waals surface area (Å²) >= 11 is 0. The van der Waals surface area contributed by atoms with Crippen molar-refractivity contribution in [1.82, 2.24) is 5.32 Å². The van der Waals surface area contributed by atoms with Crippen molar-refractivity contribution in [2.75, 3.05) is 20.3 Å². The molecule has 0 heterocycles. The van der Waals surface area contributed by atoms with Crippen molar-refractivity contribution in [3.63, 3.8) is 0 Å². The molecule has 3 N–H and O–H groups in total. The predicted molar refractivity (Wildman–Crippen MR) is 90.3 cm³/mol. The summed E-state index contributed by atoms with van der Waals surface area (Å²) < 4.78 is 5.36. The third-order valence-corrected chi connectivity index (χ3v) is 3.58. The Morgan fingerprint density at radius 2 is 1.86 bits per heavy atom. The van der Waals surface area contributed by atoms with Gasteiger partial charge in [0.1, 0.15) is 0 Å². The van der Waals surface area contributed by atoms with E-state index in [1.807, 2.05) is 0 Å². The molecule has 3 nitrogen and oxygen atoms in total. The molecule has 1 rings (SSSR count). The van der Waals surface area contributed by atoms with E-state index in [9.17, 15) is 0 Å². The lowest BCUT2D eigenvalue weighted by Crippen LogP contribution is -2.38. The topological polar surface area (TPSA) is 47.3 Å². The zero-order chi connectivity index (χ0) is 15.7. The number of methoxy groups -OCH3 is 1. The van der Waals surface area contributed by atoms with Gasteiger partial charge in [0.15, 0.2) is 0 Å². The van der Waals surface area contributed by atoms with E-state index in [1.54, 1.807) is 7.11 Å². The normalized spacial score (nSPS) is 14.9. The first-order valence-corrected chi connectivity index (χ1v) is 7.96. The number of hydrogen-bond donors (Lipinski definition) is 2. The van der Waals surface area contributed by atoms with Crippen LogP contribution in [0, 0.1) is 5.41 Å². The zero-order valence-corrected chi connectivity index (χ0v) is 14.1. The number of hydrogen-bond acceptors (Lipinski definition) is 3. The van der Waals surface area contributed by atoms with Crippen LogP contribution in [0.2, 0.25) is 0 Å². The second kappa shape index (κ2) is 9.19. The third kappa shape index (κ3) is 7.60. The molecule has 0 aliphatic carbocycles. The Hall–Kier alpha value is -0.900. The molecule has 0 fully saturated rings. The first-order valence-electron chi connectivity index (χ1n) is 7.96. The van der Waals surface area contributed by atoms with Gasteiger partial charge in [-0.3, -0.25) is 0 Å². The van der Waals surface area contributed by atoms with Crippen LogP contribution in [0.1, 0.15) is 51.6 Å². The fourth-order valence-corrected chi connectivity index (χ4v) is 2.64. The van der Waals surface area contributed by atoms with Crippen LogP contribution in [-0.4, -0.2) is 26.3 Å². The van der Waals surface area contributed by atoms with Crippen molar-refractivity contribution in [2.45, 2.75) is 52.1 Å². The van der Waals surface area contributed by atoms with E-state index in [0.717, 1.165) is 32.4 Å². The summed E-state index contributed by atoms with van der Waals surface area (Å²) in [7, 11) is 1.76. The summed E-state index contributed by atoms with van der Waals surface area (Å²) in [4.78, 5) is 0. The summed E-state index contributed by atoms with van der Waals surface area (Å²) in [5.74, 6) is 0. The molecule has 0 spiro atoms. The Labute approximate surface area is 130 Å². The minimum absolute atomic E-state index is 0.277. The minimum atomic E-state index is 0.277. The van der Waals surface area contributed by atoms with Gasteiger partial charge in [0.2, 0.25) is 0 Å². The molecule has 0 aliphatic rings. The summed E-state index contributed by atoms with van der Waals surface area (Å²) in [5.41, 5.74) is 7.27. The first kappa shape index (κ1) is 18.1. The Balaban J connectivity index is 2.79. The van der Waals surface area contributed by atoms with Crippen LogP contribution in [0.5, 0.6) is 0 Å². The highest BCUT2D eigenvalue weighted by atomic mass is 16.5. The van der Waals surface area contributed by atoms with Crippen LogP contribution in [-0.2, 0) is 4.74 Å². The molecule has 1 aromatic carbocycles. The SMILES string of the molecule is COCC(CCCN)NC(CC(C)(C)C)c1ccccc1. The molecule has 0 aromatic heterocycles. The van der Waals surface area contributed by atoms with Crippen molar-refractivity contribution in [1.29, 1.82) is 0 Å². The van der Waals surface area contributed by atoms with Crippen molar-refractivity contribution in [3.8, 4) is 0 Å². The average Bonchev–Trinajstić information content (AvgIpc) is 2.44. The van der Waals surface area contributed by atoms with Crippen LogP contribution < -0.4 is 11.1 Å².